The summed E-state index contributed by atoms with van der Waals surface area (Å²) in [6.07, 6.45) is 5.91. The van der Waals surface area contributed by atoms with E-state index in [4.69, 9.17) is 4.74 Å². The molecule has 164 valence electrons. The standard InChI is InChI=1S/C21H30N4O4S/c1-14(26)22-15-10-11-18(29-5)17(12-15)24-30(27,28)19-13-25(16-8-6-7-9-16)23-20(19)21(2,3)4/h10-13,16,24H,6-9H2,1-5H3,(H,22,26). The number of hydrogen-bond donors (Lipinski definition) is 2. The van der Waals surface area contributed by atoms with Crippen LogP contribution in [0.4, 0.5) is 11.4 Å². The van der Waals surface area contributed by atoms with Crippen LogP contribution in [-0.4, -0.2) is 31.2 Å². The summed E-state index contributed by atoms with van der Waals surface area (Å²) in [5.41, 5.74) is 0.797. The van der Waals surface area contributed by atoms with Gasteiger partial charge in [-0.3, -0.25) is 14.2 Å². The molecule has 1 fully saturated rings. The second-order valence-electron chi connectivity index (χ2n) is 8.71. The van der Waals surface area contributed by atoms with E-state index < -0.39 is 15.4 Å². The van der Waals surface area contributed by atoms with Gasteiger partial charge in [-0.1, -0.05) is 33.6 Å². The molecule has 1 aromatic heterocycles. The number of rotatable bonds is 6. The highest BCUT2D eigenvalue weighted by molar-refractivity contribution is 7.92. The lowest BCUT2D eigenvalue weighted by Crippen LogP contribution is -2.21. The van der Waals surface area contributed by atoms with Crippen molar-refractivity contribution in [3.8, 4) is 5.75 Å². The average molecular weight is 435 g/mol. The minimum Gasteiger partial charge on any atom is -0.495 e. The number of hydrogen-bond acceptors (Lipinski definition) is 5. The third kappa shape index (κ3) is 4.77. The third-order valence-electron chi connectivity index (χ3n) is 5.16. The number of amides is 1. The lowest BCUT2D eigenvalue weighted by Gasteiger charge is -2.19. The Balaban J connectivity index is 2.02. The molecular weight excluding hydrogens is 404 g/mol. The summed E-state index contributed by atoms with van der Waals surface area (Å²) in [4.78, 5) is 11.5. The lowest BCUT2D eigenvalue weighted by atomic mass is 9.92. The second kappa shape index (κ2) is 8.29. The molecule has 1 aliphatic carbocycles. The van der Waals surface area contributed by atoms with E-state index in [9.17, 15) is 13.2 Å². The van der Waals surface area contributed by atoms with E-state index in [1.807, 2.05) is 25.5 Å². The number of sulfonamides is 1. The molecule has 1 amide bonds. The van der Waals surface area contributed by atoms with Gasteiger partial charge >= 0.3 is 0 Å². The van der Waals surface area contributed by atoms with Crippen LogP contribution in [0.5, 0.6) is 5.75 Å². The molecule has 30 heavy (non-hydrogen) atoms. The molecular formula is C21H30N4O4S. The summed E-state index contributed by atoms with van der Waals surface area (Å²) in [5.74, 6) is 0.106. The summed E-state index contributed by atoms with van der Waals surface area (Å²) < 4.78 is 36.5. The average Bonchev–Trinajstić information content (AvgIpc) is 3.30. The second-order valence-corrected chi connectivity index (χ2v) is 10.4. The highest BCUT2D eigenvalue weighted by atomic mass is 32.2. The molecule has 0 radical (unpaired) electrons. The minimum atomic E-state index is -3.94. The van der Waals surface area contributed by atoms with Crippen LogP contribution in [0.25, 0.3) is 0 Å². The maximum absolute atomic E-state index is 13.4. The van der Waals surface area contributed by atoms with Crippen molar-refractivity contribution in [3.05, 3.63) is 30.1 Å². The van der Waals surface area contributed by atoms with Gasteiger partial charge in [-0.05, 0) is 31.0 Å². The first-order valence-electron chi connectivity index (χ1n) is 10.1. The summed E-state index contributed by atoms with van der Waals surface area (Å²) in [5, 5.41) is 7.33. The first kappa shape index (κ1) is 22.1. The van der Waals surface area contributed by atoms with Gasteiger partial charge in [-0.25, -0.2) is 8.42 Å². The van der Waals surface area contributed by atoms with Crippen molar-refractivity contribution < 1.29 is 17.9 Å². The highest BCUT2D eigenvalue weighted by Crippen LogP contribution is 2.36. The van der Waals surface area contributed by atoms with Crippen molar-refractivity contribution in [3.63, 3.8) is 0 Å². The van der Waals surface area contributed by atoms with Gasteiger partial charge in [-0.2, -0.15) is 5.10 Å². The largest absolute Gasteiger partial charge is 0.495 e. The van der Waals surface area contributed by atoms with Crippen molar-refractivity contribution in [2.75, 3.05) is 17.1 Å². The Morgan fingerprint density at radius 1 is 1.23 bits per heavy atom. The lowest BCUT2D eigenvalue weighted by molar-refractivity contribution is -0.114. The zero-order valence-electron chi connectivity index (χ0n) is 18.2. The Kier molecular flexibility index (Phi) is 6.12. The van der Waals surface area contributed by atoms with Crippen LogP contribution in [0.15, 0.2) is 29.3 Å². The van der Waals surface area contributed by atoms with E-state index in [0.717, 1.165) is 25.7 Å². The first-order chi connectivity index (χ1) is 14.0. The van der Waals surface area contributed by atoms with Gasteiger partial charge in [0.05, 0.1) is 24.5 Å². The van der Waals surface area contributed by atoms with Crippen LogP contribution in [0.3, 0.4) is 0 Å². The number of ether oxygens (including phenoxy) is 1. The topological polar surface area (TPSA) is 102 Å². The normalized spacial score (nSPS) is 15.2. The van der Waals surface area contributed by atoms with Crippen molar-refractivity contribution in [2.24, 2.45) is 0 Å². The van der Waals surface area contributed by atoms with Crippen LogP contribution >= 0.6 is 0 Å². The van der Waals surface area contributed by atoms with Gasteiger partial charge in [0, 0.05) is 24.2 Å². The van der Waals surface area contributed by atoms with Gasteiger partial charge in [0.2, 0.25) is 5.91 Å². The molecule has 0 saturated heterocycles. The Labute approximate surface area is 178 Å². The molecule has 1 heterocycles. The molecule has 1 saturated carbocycles. The summed E-state index contributed by atoms with van der Waals surface area (Å²) in [7, 11) is -2.48. The van der Waals surface area contributed by atoms with Gasteiger partial charge in [0.15, 0.2) is 0 Å². The number of benzene rings is 1. The van der Waals surface area contributed by atoms with Crippen molar-refractivity contribution in [2.45, 2.75) is 69.7 Å². The fourth-order valence-corrected chi connectivity index (χ4v) is 5.12. The van der Waals surface area contributed by atoms with E-state index in [1.54, 1.807) is 18.3 Å². The number of nitrogens with zero attached hydrogens (tertiary/aromatic N) is 2. The van der Waals surface area contributed by atoms with Gasteiger partial charge in [0.1, 0.15) is 10.6 Å². The first-order valence-corrected chi connectivity index (χ1v) is 11.6. The SMILES string of the molecule is COc1ccc(NC(C)=O)cc1NS(=O)(=O)c1cn(C2CCCC2)nc1C(C)(C)C. The molecule has 0 spiro atoms. The minimum absolute atomic E-state index is 0.161. The maximum atomic E-state index is 13.4. The fraction of sp³-hybridized carbons (Fsp3) is 0.524. The number of methoxy groups -OCH3 is 1. The van der Waals surface area contributed by atoms with E-state index in [2.05, 4.69) is 15.1 Å². The van der Waals surface area contributed by atoms with Gasteiger partial charge in [-0.15, -0.1) is 0 Å². The molecule has 2 N–H and O–H groups in total. The number of carbonyl (C=O) groups is 1. The predicted molar refractivity (Wildman–Crippen MR) is 117 cm³/mol. The number of anilines is 2. The third-order valence-corrected chi connectivity index (χ3v) is 6.53. The van der Waals surface area contributed by atoms with Gasteiger partial charge < -0.3 is 10.1 Å². The molecule has 3 rings (SSSR count). The molecule has 0 atom stereocenters. The molecule has 8 nitrogen and oxygen atoms in total. The Bertz CT molecular complexity index is 1030. The predicted octanol–water partition coefficient (Wildman–Crippen LogP) is 4.06. The van der Waals surface area contributed by atoms with E-state index in [-0.39, 0.29) is 22.5 Å². The monoisotopic (exact) mass is 434 g/mol. The van der Waals surface area contributed by atoms with Crippen LogP contribution in [0.2, 0.25) is 0 Å². The molecule has 1 aromatic carbocycles. The molecule has 0 bridgehead atoms. The van der Waals surface area contributed by atoms with Crippen molar-refractivity contribution in [1.29, 1.82) is 0 Å². The Hall–Kier alpha value is -2.55. The highest BCUT2D eigenvalue weighted by Gasteiger charge is 2.32. The molecule has 0 unspecified atom stereocenters. The van der Waals surface area contributed by atoms with Crippen LogP contribution in [-0.2, 0) is 20.2 Å². The van der Waals surface area contributed by atoms with Crippen molar-refractivity contribution in [1.82, 2.24) is 9.78 Å². The Morgan fingerprint density at radius 3 is 2.47 bits per heavy atom. The smallest absolute Gasteiger partial charge is 0.265 e. The maximum Gasteiger partial charge on any atom is 0.265 e. The zero-order chi connectivity index (χ0) is 22.1. The van der Waals surface area contributed by atoms with Crippen molar-refractivity contribution >= 4 is 27.3 Å². The summed E-state index contributed by atoms with van der Waals surface area (Å²) >= 11 is 0. The zero-order valence-corrected chi connectivity index (χ0v) is 19.0. The molecule has 0 aliphatic heterocycles. The van der Waals surface area contributed by atoms with E-state index >= 15 is 0 Å². The van der Waals surface area contributed by atoms with Gasteiger partial charge in [0.25, 0.3) is 10.0 Å². The fourth-order valence-electron chi connectivity index (χ4n) is 3.72. The van der Waals surface area contributed by atoms with E-state index in [1.165, 1.54) is 20.1 Å². The number of aromatic nitrogens is 2. The Morgan fingerprint density at radius 2 is 1.90 bits per heavy atom. The van der Waals surface area contributed by atoms with Crippen LogP contribution in [0, 0.1) is 0 Å². The molecule has 2 aromatic rings. The summed E-state index contributed by atoms with van der Waals surface area (Å²) in [6.45, 7) is 7.24. The molecule has 1 aliphatic rings. The molecule has 9 heteroatoms. The van der Waals surface area contributed by atoms with Crippen LogP contribution < -0.4 is 14.8 Å². The number of nitrogens with one attached hydrogen (secondary N) is 2. The number of carbonyl (C=O) groups excluding carboxylic acids is 1. The van der Waals surface area contributed by atoms with E-state index in [0.29, 0.717) is 17.1 Å². The quantitative estimate of drug-likeness (QED) is 0.714. The van der Waals surface area contributed by atoms with Crippen LogP contribution in [0.1, 0.15) is 65.1 Å². The summed E-state index contributed by atoms with van der Waals surface area (Å²) in [6, 6.07) is 5.02.